The van der Waals surface area contributed by atoms with Crippen molar-refractivity contribution in [3.63, 3.8) is 0 Å². The fraction of sp³-hybridized carbons (Fsp3) is 0.500. The second-order valence-corrected chi connectivity index (χ2v) is 7.69. The maximum absolute atomic E-state index is 12.2. The van der Waals surface area contributed by atoms with Gasteiger partial charge in [0.2, 0.25) is 0 Å². The maximum atomic E-state index is 12.2. The van der Waals surface area contributed by atoms with E-state index in [4.69, 9.17) is 4.74 Å². The van der Waals surface area contributed by atoms with Gasteiger partial charge >= 0.3 is 6.09 Å². The number of amides is 1. The van der Waals surface area contributed by atoms with E-state index in [9.17, 15) is 4.79 Å². The lowest BCUT2D eigenvalue weighted by Crippen LogP contribution is -2.47. The summed E-state index contributed by atoms with van der Waals surface area (Å²) in [6.07, 6.45) is 3.50. The Bertz CT molecular complexity index is 746. The number of anilines is 1. The summed E-state index contributed by atoms with van der Waals surface area (Å²) in [4.78, 5) is 20.7. The number of piperidine rings is 1. The zero-order valence-corrected chi connectivity index (χ0v) is 15.5. The number of nitrogens with zero attached hydrogens (tertiary/aromatic N) is 3. The fourth-order valence-electron chi connectivity index (χ4n) is 3.26. The van der Waals surface area contributed by atoms with E-state index in [1.165, 1.54) is 5.69 Å². The minimum atomic E-state index is -0.441. The molecule has 0 unspecified atom stereocenters. The minimum Gasteiger partial charge on any atom is -0.444 e. The SMILES string of the molecule is CN(c1ccc2ncccc2c1)C1CCN(C(=O)OC(C)(C)C)CC1. The van der Waals surface area contributed by atoms with E-state index in [1.807, 2.05) is 37.9 Å². The van der Waals surface area contributed by atoms with Crippen LogP contribution >= 0.6 is 0 Å². The molecule has 0 saturated carbocycles. The smallest absolute Gasteiger partial charge is 0.410 e. The summed E-state index contributed by atoms with van der Waals surface area (Å²) in [5.41, 5.74) is 1.76. The number of hydrogen-bond donors (Lipinski definition) is 0. The second kappa shape index (κ2) is 6.90. The molecule has 2 aromatic rings. The lowest BCUT2D eigenvalue weighted by molar-refractivity contribution is 0.0205. The Morgan fingerprint density at radius 3 is 2.64 bits per heavy atom. The molecular weight excluding hydrogens is 314 g/mol. The Morgan fingerprint density at radius 2 is 1.96 bits per heavy atom. The molecule has 1 saturated heterocycles. The van der Waals surface area contributed by atoms with Gasteiger partial charge in [-0.3, -0.25) is 4.98 Å². The normalized spacial score (nSPS) is 16.1. The van der Waals surface area contributed by atoms with Gasteiger partial charge in [0, 0.05) is 43.4 Å². The van der Waals surface area contributed by atoms with E-state index in [0.717, 1.165) is 36.8 Å². The Labute approximate surface area is 149 Å². The number of fused-ring (bicyclic) bond motifs is 1. The molecule has 1 aliphatic rings. The van der Waals surface area contributed by atoms with E-state index in [-0.39, 0.29) is 6.09 Å². The molecule has 3 rings (SSSR count). The monoisotopic (exact) mass is 341 g/mol. The Hall–Kier alpha value is -2.30. The summed E-state index contributed by atoms with van der Waals surface area (Å²) in [5.74, 6) is 0. The number of pyridine rings is 1. The highest BCUT2D eigenvalue weighted by Crippen LogP contribution is 2.25. The first kappa shape index (κ1) is 17.5. The van der Waals surface area contributed by atoms with Crippen molar-refractivity contribution in [2.45, 2.75) is 45.3 Å². The van der Waals surface area contributed by atoms with Crippen molar-refractivity contribution >= 4 is 22.7 Å². The Kier molecular flexibility index (Phi) is 4.84. The van der Waals surface area contributed by atoms with Gasteiger partial charge in [0.25, 0.3) is 0 Å². The summed E-state index contributed by atoms with van der Waals surface area (Å²) >= 11 is 0. The van der Waals surface area contributed by atoms with Crippen LogP contribution in [-0.2, 0) is 4.74 Å². The predicted octanol–water partition coefficient (Wildman–Crippen LogP) is 4.07. The highest BCUT2D eigenvalue weighted by atomic mass is 16.6. The Morgan fingerprint density at radius 1 is 1.24 bits per heavy atom. The summed E-state index contributed by atoms with van der Waals surface area (Å²) in [5, 5.41) is 1.15. The van der Waals surface area contributed by atoms with Crippen LogP contribution in [0.25, 0.3) is 10.9 Å². The molecule has 1 aliphatic heterocycles. The van der Waals surface area contributed by atoms with Gasteiger partial charge in [-0.05, 0) is 57.9 Å². The molecule has 0 bridgehead atoms. The standard InChI is InChI=1S/C20H27N3O2/c1-20(2,3)25-19(24)23-12-9-16(10-13-23)22(4)17-7-8-18-15(14-17)6-5-11-21-18/h5-8,11,14,16H,9-10,12-13H2,1-4H3. The molecule has 0 atom stereocenters. The number of likely N-dealkylation sites (tertiary alicyclic amines) is 1. The number of rotatable bonds is 2. The van der Waals surface area contributed by atoms with Gasteiger partial charge in [-0.1, -0.05) is 6.07 Å². The first-order valence-corrected chi connectivity index (χ1v) is 8.89. The largest absolute Gasteiger partial charge is 0.444 e. The van der Waals surface area contributed by atoms with E-state index >= 15 is 0 Å². The van der Waals surface area contributed by atoms with Crippen LogP contribution in [0.1, 0.15) is 33.6 Å². The summed E-state index contributed by atoms with van der Waals surface area (Å²) in [6.45, 7) is 7.18. The zero-order chi connectivity index (χ0) is 18.0. The first-order chi connectivity index (χ1) is 11.8. The molecular formula is C20H27N3O2. The molecule has 0 spiro atoms. The molecule has 0 radical (unpaired) electrons. The highest BCUT2D eigenvalue weighted by molar-refractivity contribution is 5.82. The van der Waals surface area contributed by atoms with Crippen molar-refractivity contribution in [1.29, 1.82) is 0 Å². The van der Waals surface area contributed by atoms with Crippen molar-refractivity contribution in [1.82, 2.24) is 9.88 Å². The Balaban J connectivity index is 1.62. The molecule has 1 aromatic heterocycles. The van der Waals surface area contributed by atoms with E-state index in [2.05, 4.69) is 41.2 Å². The zero-order valence-electron chi connectivity index (χ0n) is 15.5. The van der Waals surface area contributed by atoms with Gasteiger partial charge < -0.3 is 14.5 Å². The van der Waals surface area contributed by atoms with Crippen LogP contribution in [0.2, 0.25) is 0 Å². The summed E-state index contributed by atoms with van der Waals surface area (Å²) < 4.78 is 5.47. The molecule has 134 valence electrons. The van der Waals surface area contributed by atoms with Gasteiger partial charge in [0.15, 0.2) is 0 Å². The van der Waals surface area contributed by atoms with Gasteiger partial charge in [-0.25, -0.2) is 4.79 Å². The number of aromatic nitrogens is 1. The van der Waals surface area contributed by atoms with Crippen LogP contribution in [0, 0.1) is 0 Å². The average molecular weight is 341 g/mol. The molecule has 5 heteroatoms. The second-order valence-electron chi connectivity index (χ2n) is 7.69. The van der Waals surface area contributed by atoms with Gasteiger partial charge in [0.1, 0.15) is 5.60 Å². The number of carbonyl (C=O) groups is 1. The number of hydrogen-bond acceptors (Lipinski definition) is 4. The molecule has 25 heavy (non-hydrogen) atoms. The molecule has 1 fully saturated rings. The third-order valence-electron chi connectivity index (χ3n) is 4.66. The molecule has 0 N–H and O–H groups in total. The lowest BCUT2D eigenvalue weighted by atomic mass is 10.0. The van der Waals surface area contributed by atoms with Crippen LogP contribution in [-0.4, -0.2) is 47.8 Å². The van der Waals surface area contributed by atoms with Crippen molar-refractivity contribution in [2.75, 3.05) is 25.0 Å². The average Bonchev–Trinajstić information content (AvgIpc) is 2.59. The van der Waals surface area contributed by atoms with Crippen LogP contribution in [0.5, 0.6) is 0 Å². The van der Waals surface area contributed by atoms with E-state index < -0.39 is 5.60 Å². The van der Waals surface area contributed by atoms with Crippen LogP contribution in [0.3, 0.4) is 0 Å². The van der Waals surface area contributed by atoms with Crippen molar-refractivity contribution in [3.05, 3.63) is 36.5 Å². The predicted molar refractivity (Wildman–Crippen MR) is 101 cm³/mol. The maximum Gasteiger partial charge on any atom is 0.410 e. The van der Waals surface area contributed by atoms with Crippen molar-refractivity contribution < 1.29 is 9.53 Å². The molecule has 1 aromatic carbocycles. The molecule has 0 aliphatic carbocycles. The van der Waals surface area contributed by atoms with Crippen molar-refractivity contribution in [3.8, 4) is 0 Å². The number of ether oxygens (including phenoxy) is 1. The van der Waals surface area contributed by atoms with Crippen LogP contribution in [0.4, 0.5) is 10.5 Å². The summed E-state index contributed by atoms with van der Waals surface area (Å²) in [6, 6.07) is 10.8. The fourth-order valence-corrected chi connectivity index (χ4v) is 3.26. The highest BCUT2D eigenvalue weighted by Gasteiger charge is 2.28. The topological polar surface area (TPSA) is 45.7 Å². The lowest BCUT2D eigenvalue weighted by Gasteiger charge is -2.38. The minimum absolute atomic E-state index is 0.203. The van der Waals surface area contributed by atoms with Crippen molar-refractivity contribution in [2.24, 2.45) is 0 Å². The van der Waals surface area contributed by atoms with Crippen LogP contribution < -0.4 is 4.90 Å². The quantitative estimate of drug-likeness (QED) is 0.826. The third-order valence-corrected chi connectivity index (χ3v) is 4.66. The van der Waals surface area contributed by atoms with Gasteiger partial charge in [-0.15, -0.1) is 0 Å². The number of carbonyl (C=O) groups excluding carboxylic acids is 1. The molecule has 1 amide bonds. The van der Waals surface area contributed by atoms with Gasteiger partial charge in [-0.2, -0.15) is 0 Å². The van der Waals surface area contributed by atoms with Gasteiger partial charge in [0.05, 0.1) is 5.52 Å². The third kappa shape index (κ3) is 4.21. The summed E-state index contributed by atoms with van der Waals surface area (Å²) in [7, 11) is 2.13. The number of benzene rings is 1. The van der Waals surface area contributed by atoms with Crippen LogP contribution in [0.15, 0.2) is 36.5 Å². The molecule has 5 nitrogen and oxygen atoms in total. The van der Waals surface area contributed by atoms with E-state index in [1.54, 1.807) is 0 Å². The van der Waals surface area contributed by atoms with E-state index in [0.29, 0.717) is 6.04 Å². The molecule has 2 heterocycles. The first-order valence-electron chi connectivity index (χ1n) is 8.89.